The predicted octanol–water partition coefficient (Wildman–Crippen LogP) is 2.58. The van der Waals surface area contributed by atoms with Crippen molar-refractivity contribution in [3.63, 3.8) is 0 Å². The second kappa shape index (κ2) is 5.18. The van der Waals surface area contributed by atoms with Crippen LogP contribution in [0.5, 0.6) is 0 Å². The first-order valence-electron chi connectivity index (χ1n) is 5.22. The number of rotatable bonds is 5. The molecule has 0 aromatic carbocycles. The normalized spacial score (nSPS) is 12.1. The molecule has 0 aromatic heterocycles. The fourth-order valence-corrected chi connectivity index (χ4v) is 1.04. The highest BCUT2D eigenvalue weighted by Gasteiger charge is 2.30. The third kappa shape index (κ3) is 6.27. The Morgan fingerprint density at radius 1 is 1.06 bits per heavy atom. The first-order valence-corrected chi connectivity index (χ1v) is 5.22. The molecule has 0 bridgehead atoms. The number of ether oxygens (including phenoxy) is 2. The lowest BCUT2D eigenvalue weighted by Gasteiger charge is -2.27. The Morgan fingerprint density at radius 2 is 1.56 bits per heavy atom. The molecule has 0 fully saturated rings. The summed E-state index contributed by atoms with van der Waals surface area (Å²) in [4.78, 5) is 21.9. The number of carbonyl (C=O) groups is 2. The second-order valence-corrected chi connectivity index (χ2v) is 4.89. The van der Waals surface area contributed by atoms with E-state index < -0.39 is 23.3 Å². The van der Waals surface area contributed by atoms with Gasteiger partial charge < -0.3 is 14.6 Å². The van der Waals surface area contributed by atoms with Crippen LogP contribution < -0.4 is 0 Å². The van der Waals surface area contributed by atoms with Crippen molar-refractivity contribution in [2.24, 2.45) is 0 Å². The van der Waals surface area contributed by atoms with Crippen LogP contribution >= 0.6 is 0 Å². The summed E-state index contributed by atoms with van der Waals surface area (Å²) >= 11 is 0. The Hall–Kier alpha value is -1.26. The van der Waals surface area contributed by atoms with E-state index in [4.69, 9.17) is 9.84 Å². The maximum atomic E-state index is 11.5. The maximum absolute atomic E-state index is 11.5. The molecule has 0 aromatic rings. The average molecular weight is 232 g/mol. The molecule has 5 nitrogen and oxygen atoms in total. The summed E-state index contributed by atoms with van der Waals surface area (Å²) in [5, 5.41) is 8.47. The zero-order valence-corrected chi connectivity index (χ0v) is 10.5. The molecule has 0 saturated carbocycles. The lowest BCUT2D eigenvalue weighted by Crippen LogP contribution is -2.34. The monoisotopic (exact) mass is 232 g/mol. The van der Waals surface area contributed by atoms with E-state index >= 15 is 0 Å². The standard InChI is InChI=1S/C11H20O5/c1-6-10(2,3)15-8(12)7-11(4,5)16-9(13)14/h6-7H2,1-5H3,(H,13,14). The Labute approximate surface area is 95.7 Å². The van der Waals surface area contributed by atoms with E-state index in [0.29, 0.717) is 6.42 Å². The third-order valence-corrected chi connectivity index (χ3v) is 2.18. The van der Waals surface area contributed by atoms with Crippen LogP contribution in [0.2, 0.25) is 0 Å². The average Bonchev–Trinajstić information content (AvgIpc) is 1.98. The van der Waals surface area contributed by atoms with E-state index in [2.05, 4.69) is 4.74 Å². The fraction of sp³-hybridized carbons (Fsp3) is 0.818. The number of carboxylic acid groups (broad SMARTS) is 1. The van der Waals surface area contributed by atoms with Crippen molar-refractivity contribution in [3.8, 4) is 0 Å². The Morgan fingerprint density at radius 3 is 1.94 bits per heavy atom. The van der Waals surface area contributed by atoms with Crippen LogP contribution in [0.4, 0.5) is 4.79 Å². The van der Waals surface area contributed by atoms with Crippen molar-refractivity contribution in [2.45, 2.75) is 58.7 Å². The molecule has 0 aliphatic heterocycles. The van der Waals surface area contributed by atoms with Crippen molar-refractivity contribution < 1.29 is 24.2 Å². The highest BCUT2D eigenvalue weighted by Crippen LogP contribution is 2.20. The third-order valence-electron chi connectivity index (χ3n) is 2.18. The first-order chi connectivity index (χ1) is 7.08. The molecule has 5 heteroatoms. The molecule has 1 N–H and O–H groups in total. The Kier molecular flexibility index (Phi) is 4.78. The van der Waals surface area contributed by atoms with Gasteiger partial charge in [0.2, 0.25) is 0 Å². The van der Waals surface area contributed by atoms with Crippen molar-refractivity contribution in [1.29, 1.82) is 0 Å². The van der Waals surface area contributed by atoms with Crippen LogP contribution in [0.25, 0.3) is 0 Å². The predicted molar refractivity (Wildman–Crippen MR) is 58.3 cm³/mol. The summed E-state index contributed by atoms with van der Waals surface area (Å²) < 4.78 is 9.76. The van der Waals surface area contributed by atoms with Crippen molar-refractivity contribution in [1.82, 2.24) is 0 Å². The molecular formula is C11H20O5. The summed E-state index contributed by atoms with van der Waals surface area (Å²) in [5.74, 6) is -0.460. The van der Waals surface area contributed by atoms with Crippen LogP contribution in [0, 0.1) is 0 Å². The molecule has 94 valence electrons. The van der Waals surface area contributed by atoms with Gasteiger partial charge in [0.15, 0.2) is 0 Å². The summed E-state index contributed by atoms with van der Waals surface area (Å²) in [7, 11) is 0. The van der Waals surface area contributed by atoms with Gasteiger partial charge in [0.25, 0.3) is 0 Å². The molecule has 0 aliphatic carbocycles. The fourth-order valence-electron chi connectivity index (χ4n) is 1.04. The zero-order chi connectivity index (χ0) is 13.0. The lowest BCUT2D eigenvalue weighted by molar-refractivity contribution is -0.161. The van der Waals surface area contributed by atoms with Gasteiger partial charge in [0.05, 0.1) is 6.42 Å². The minimum absolute atomic E-state index is 0.0945. The van der Waals surface area contributed by atoms with E-state index in [1.807, 2.05) is 6.92 Å². The molecule has 0 spiro atoms. The molecule has 0 heterocycles. The molecule has 0 amide bonds. The summed E-state index contributed by atoms with van der Waals surface area (Å²) in [5.41, 5.74) is -1.59. The SMILES string of the molecule is CCC(C)(C)OC(=O)CC(C)(C)OC(=O)O. The molecule has 16 heavy (non-hydrogen) atoms. The summed E-state index contributed by atoms with van der Waals surface area (Å²) in [6.07, 6.45) is -0.797. The van der Waals surface area contributed by atoms with Crippen LogP contribution in [0.1, 0.15) is 47.5 Å². The lowest BCUT2D eigenvalue weighted by atomic mass is 10.0. The summed E-state index contributed by atoms with van der Waals surface area (Å²) in [6, 6.07) is 0. The molecule has 0 rings (SSSR count). The quantitative estimate of drug-likeness (QED) is 0.737. The number of hydrogen-bond acceptors (Lipinski definition) is 4. The number of carbonyl (C=O) groups excluding carboxylic acids is 1. The van der Waals surface area contributed by atoms with Gasteiger partial charge in [0.1, 0.15) is 11.2 Å². The van der Waals surface area contributed by atoms with E-state index in [1.54, 1.807) is 13.8 Å². The summed E-state index contributed by atoms with van der Waals surface area (Å²) in [6.45, 7) is 8.57. The van der Waals surface area contributed by atoms with Crippen LogP contribution in [-0.2, 0) is 14.3 Å². The van der Waals surface area contributed by atoms with Crippen molar-refractivity contribution in [3.05, 3.63) is 0 Å². The largest absolute Gasteiger partial charge is 0.506 e. The molecule has 0 unspecified atom stereocenters. The molecule has 0 aliphatic rings. The topological polar surface area (TPSA) is 72.8 Å². The molecular weight excluding hydrogens is 212 g/mol. The minimum atomic E-state index is -1.40. The Bertz CT molecular complexity index is 268. The van der Waals surface area contributed by atoms with Gasteiger partial charge in [-0.25, -0.2) is 4.79 Å². The van der Waals surface area contributed by atoms with E-state index in [1.165, 1.54) is 13.8 Å². The van der Waals surface area contributed by atoms with Crippen LogP contribution in [0.3, 0.4) is 0 Å². The highest BCUT2D eigenvalue weighted by atomic mass is 16.7. The Balaban J connectivity index is 4.29. The van der Waals surface area contributed by atoms with Gasteiger partial charge in [-0.15, -0.1) is 0 Å². The van der Waals surface area contributed by atoms with Crippen molar-refractivity contribution >= 4 is 12.1 Å². The van der Waals surface area contributed by atoms with Gasteiger partial charge in [-0.3, -0.25) is 4.79 Å². The zero-order valence-electron chi connectivity index (χ0n) is 10.5. The maximum Gasteiger partial charge on any atom is 0.506 e. The number of esters is 1. The van der Waals surface area contributed by atoms with Gasteiger partial charge in [-0.1, -0.05) is 6.92 Å². The van der Waals surface area contributed by atoms with Gasteiger partial charge >= 0.3 is 12.1 Å². The molecule has 0 saturated heterocycles. The molecule has 0 atom stereocenters. The van der Waals surface area contributed by atoms with Gasteiger partial charge in [-0.05, 0) is 34.1 Å². The smallest absolute Gasteiger partial charge is 0.460 e. The highest BCUT2D eigenvalue weighted by molar-refractivity contribution is 5.71. The van der Waals surface area contributed by atoms with Crippen LogP contribution in [0.15, 0.2) is 0 Å². The van der Waals surface area contributed by atoms with Crippen molar-refractivity contribution in [2.75, 3.05) is 0 Å². The number of hydrogen-bond donors (Lipinski definition) is 1. The van der Waals surface area contributed by atoms with Crippen LogP contribution in [-0.4, -0.2) is 28.4 Å². The van der Waals surface area contributed by atoms with Gasteiger partial charge in [-0.2, -0.15) is 0 Å². The molecule has 0 radical (unpaired) electrons. The van der Waals surface area contributed by atoms with Gasteiger partial charge in [0, 0.05) is 0 Å². The first kappa shape index (κ1) is 14.7. The second-order valence-electron chi connectivity index (χ2n) is 4.89. The van der Waals surface area contributed by atoms with E-state index in [-0.39, 0.29) is 6.42 Å². The minimum Gasteiger partial charge on any atom is -0.460 e. The van der Waals surface area contributed by atoms with E-state index in [0.717, 1.165) is 0 Å². The van der Waals surface area contributed by atoms with E-state index in [9.17, 15) is 9.59 Å².